The monoisotopic (exact) mass is 170 g/mol. The van der Waals surface area contributed by atoms with Crippen LogP contribution in [0.5, 0.6) is 0 Å². The van der Waals surface area contributed by atoms with Gasteiger partial charge in [-0.05, 0) is 36.5 Å². The lowest BCUT2D eigenvalue weighted by molar-refractivity contribution is 0.190. The van der Waals surface area contributed by atoms with Crippen LogP contribution < -0.4 is 0 Å². The van der Waals surface area contributed by atoms with Crippen molar-refractivity contribution in [2.45, 2.75) is 67.2 Å². The molecule has 12 heavy (non-hydrogen) atoms. The molecule has 0 heterocycles. The lowest BCUT2D eigenvalue weighted by Crippen LogP contribution is -2.20. The van der Waals surface area contributed by atoms with Crippen molar-refractivity contribution in [3.8, 4) is 0 Å². The van der Waals surface area contributed by atoms with Crippen LogP contribution in [0.3, 0.4) is 0 Å². The molecule has 0 saturated heterocycles. The Morgan fingerprint density at radius 3 is 0.833 bits per heavy atom. The van der Waals surface area contributed by atoms with Gasteiger partial charge in [-0.2, -0.15) is 0 Å². The molecular weight excluding hydrogens is 144 g/mol. The van der Waals surface area contributed by atoms with Crippen LogP contribution in [0.1, 0.15) is 67.2 Å². The number of hydrogen-bond donors (Lipinski definition) is 0. The quantitative estimate of drug-likeness (QED) is 0.497. The van der Waals surface area contributed by atoms with Gasteiger partial charge in [0.05, 0.1) is 0 Å². The van der Waals surface area contributed by atoms with Crippen LogP contribution in [0.4, 0.5) is 0 Å². The van der Waals surface area contributed by atoms with Crippen LogP contribution in [-0.4, -0.2) is 0 Å². The highest BCUT2D eigenvalue weighted by Crippen LogP contribution is 2.43. The van der Waals surface area contributed by atoms with Gasteiger partial charge in [-0.15, -0.1) is 0 Å². The summed E-state index contributed by atoms with van der Waals surface area (Å²) in [6.07, 6.45) is 7.27. The van der Waals surface area contributed by atoms with Crippen LogP contribution in [0, 0.1) is 10.8 Å². The van der Waals surface area contributed by atoms with Crippen molar-refractivity contribution in [1.82, 2.24) is 0 Å². The van der Waals surface area contributed by atoms with Crippen LogP contribution >= 0.6 is 0 Å². The molecule has 0 radical (unpaired) electrons. The molecule has 0 aliphatic heterocycles. The Balaban J connectivity index is 0.000000189. The number of rotatable bonds is 0. The summed E-state index contributed by atoms with van der Waals surface area (Å²) in [5.74, 6) is 0. The van der Waals surface area contributed by atoms with E-state index < -0.39 is 0 Å². The molecule has 0 N–H and O–H groups in total. The Bertz CT molecular complexity index is 119. The molecule has 0 aromatic carbocycles. The topological polar surface area (TPSA) is 0 Å². The Kier molecular flexibility index (Phi) is 3.81. The molecule has 2 saturated carbocycles. The molecule has 0 amide bonds. The molecule has 0 aromatic heterocycles. The standard InChI is InChI=1S/C6H12.C5H10.CH4/c1-6(2)4-3-5-6;1-5(2)3-4-5;/h3-5H2,1-2H3;3-4H2,1-2H3;1H4. The molecule has 0 heteroatoms. The summed E-state index contributed by atoms with van der Waals surface area (Å²) in [7, 11) is 0. The van der Waals surface area contributed by atoms with Gasteiger partial charge in [-0.1, -0.05) is 41.5 Å². The summed E-state index contributed by atoms with van der Waals surface area (Å²) in [5, 5.41) is 0. The Morgan fingerprint density at radius 2 is 0.833 bits per heavy atom. The van der Waals surface area contributed by atoms with Gasteiger partial charge in [0.15, 0.2) is 0 Å². The second kappa shape index (κ2) is 3.81. The molecule has 74 valence electrons. The molecular formula is C12H26. The average molecular weight is 170 g/mol. The molecule has 0 spiro atoms. The Morgan fingerprint density at radius 1 is 0.667 bits per heavy atom. The molecule has 0 bridgehead atoms. The van der Waals surface area contributed by atoms with E-state index >= 15 is 0 Å². The van der Waals surface area contributed by atoms with E-state index in [-0.39, 0.29) is 7.43 Å². The van der Waals surface area contributed by atoms with Crippen LogP contribution in [-0.2, 0) is 0 Å². The molecule has 0 atom stereocenters. The van der Waals surface area contributed by atoms with Crippen molar-refractivity contribution in [2.75, 3.05) is 0 Å². The average Bonchev–Trinajstić information content (AvgIpc) is 2.44. The minimum absolute atomic E-state index is 0. The van der Waals surface area contributed by atoms with Gasteiger partial charge in [0.1, 0.15) is 0 Å². The first-order valence-electron chi connectivity index (χ1n) is 4.91. The molecule has 2 aliphatic carbocycles. The van der Waals surface area contributed by atoms with E-state index in [1.807, 2.05) is 0 Å². The fourth-order valence-electron chi connectivity index (χ4n) is 1.13. The third kappa shape index (κ3) is 4.79. The molecule has 2 aliphatic rings. The second-order valence-corrected chi connectivity index (χ2v) is 5.68. The van der Waals surface area contributed by atoms with E-state index in [4.69, 9.17) is 0 Å². The molecule has 2 fully saturated rings. The van der Waals surface area contributed by atoms with Crippen LogP contribution in [0.2, 0.25) is 0 Å². The van der Waals surface area contributed by atoms with Gasteiger partial charge in [0, 0.05) is 0 Å². The summed E-state index contributed by atoms with van der Waals surface area (Å²) in [6, 6.07) is 0. The van der Waals surface area contributed by atoms with Gasteiger partial charge in [-0.25, -0.2) is 0 Å². The molecule has 0 unspecified atom stereocenters. The largest absolute Gasteiger partial charge is 0.0776 e. The van der Waals surface area contributed by atoms with Gasteiger partial charge in [0.2, 0.25) is 0 Å². The van der Waals surface area contributed by atoms with Crippen LogP contribution in [0.15, 0.2) is 0 Å². The van der Waals surface area contributed by atoms with Gasteiger partial charge in [-0.3, -0.25) is 0 Å². The Hall–Kier alpha value is 0. The van der Waals surface area contributed by atoms with Crippen molar-refractivity contribution < 1.29 is 0 Å². The van der Waals surface area contributed by atoms with Crippen molar-refractivity contribution >= 4 is 0 Å². The fraction of sp³-hybridized carbons (Fsp3) is 1.00. The SMILES string of the molecule is C.CC1(C)CC1.CC1(C)CCC1. The third-order valence-electron chi connectivity index (χ3n) is 2.96. The summed E-state index contributed by atoms with van der Waals surface area (Å²) in [4.78, 5) is 0. The summed E-state index contributed by atoms with van der Waals surface area (Å²) in [5.41, 5.74) is 1.47. The maximum atomic E-state index is 2.33. The highest BCUT2D eigenvalue weighted by Gasteiger charge is 2.30. The maximum absolute atomic E-state index is 2.33. The van der Waals surface area contributed by atoms with Crippen molar-refractivity contribution in [3.63, 3.8) is 0 Å². The lowest BCUT2D eigenvalue weighted by Gasteiger charge is -2.33. The second-order valence-electron chi connectivity index (χ2n) is 5.68. The Labute approximate surface area is 78.8 Å². The van der Waals surface area contributed by atoms with E-state index in [1.165, 1.54) is 32.1 Å². The predicted molar refractivity (Wildman–Crippen MR) is 57.4 cm³/mol. The minimum atomic E-state index is 0. The minimum Gasteiger partial charge on any atom is -0.0776 e. The van der Waals surface area contributed by atoms with E-state index in [0.717, 1.165) is 10.8 Å². The first-order valence-corrected chi connectivity index (χ1v) is 4.91. The van der Waals surface area contributed by atoms with Gasteiger partial charge < -0.3 is 0 Å². The lowest BCUT2D eigenvalue weighted by atomic mass is 9.72. The van der Waals surface area contributed by atoms with Crippen molar-refractivity contribution in [2.24, 2.45) is 10.8 Å². The maximum Gasteiger partial charge on any atom is -0.0354 e. The van der Waals surface area contributed by atoms with Crippen molar-refractivity contribution in [3.05, 3.63) is 0 Å². The fourth-order valence-corrected chi connectivity index (χ4v) is 1.13. The zero-order valence-electron chi connectivity index (χ0n) is 8.54. The summed E-state index contributed by atoms with van der Waals surface area (Å²) in [6.45, 7) is 9.26. The van der Waals surface area contributed by atoms with E-state index in [0.29, 0.717) is 0 Å². The van der Waals surface area contributed by atoms with E-state index in [9.17, 15) is 0 Å². The van der Waals surface area contributed by atoms with Crippen LogP contribution in [0.25, 0.3) is 0 Å². The molecule has 0 nitrogen and oxygen atoms in total. The predicted octanol–water partition coefficient (Wildman–Crippen LogP) is 4.64. The zero-order chi connectivity index (χ0) is 8.54. The molecule has 2 rings (SSSR count). The molecule has 0 aromatic rings. The normalized spacial score (nSPS) is 27.0. The van der Waals surface area contributed by atoms with E-state index in [2.05, 4.69) is 27.7 Å². The van der Waals surface area contributed by atoms with Crippen molar-refractivity contribution in [1.29, 1.82) is 0 Å². The van der Waals surface area contributed by atoms with Gasteiger partial charge in [0.25, 0.3) is 0 Å². The first-order chi connectivity index (χ1) is 4.91. The number of hydrogen-bond acceptors (Lipinski definition) is 0. The highest BCUT2D eigenvalue weighted by molar-refractivity contribution is 4.82. The third-order valence-corrected chi connectivity index (χ3v) is 2.96. The summed E-state index contributed by atoms with van der Waals surface area (Å²) < 4.78 is 0. The zero-order valence-corrected chi connectivity index (χ0v) is 8.54. The summed E-state index contributed by atoms with van der Waals surface area (Å²) >= 11 is 0. The van der Waals surface area contributed by atoms with Gasteiger partial charge >= 0.3 is 0 Å². The highest BCUT2D eigenvalue weighted by atomic mass is 14.4. The smallest absolute Gasteiger partial charge is 0.0354 e. The first kappa shape index (κ1) is 12.0. The van der Waals surface area contributed by atoms with E-state index in [1.54, 1.807) is 0 Å².